The Hall–Kier alpha value is -1.34. The van der Waals surface area contributed by atoms with Crippen molar-refractivity contribution in [2.45, 2.75) is 37.8 Å². The molecule has 0 spiro atoms. The van der Waals surface area contributed by atoms with E-state index >= 15 is 0 Å². The molecule has 8 heteroatoms. The van der Waals surface area contributed by atoms with Crippen LogP contribution in [0, 0.1) is 0 Å². The molecule has 20 heavy (non-hydrogen) atoms. The average molecular weight is 317 g/mol. The van der Waals surface area contributed by atoms with Gasteiger partial charge in [0.15, 0.2) is 5.03 Å². The summed E-state index contributed by atoms with van der Waals surface area (Å²) in [4.78, 5) is 4.11. The minimum atomic E-state index is -3.78. The minimum absolute atomic E-state index is 0.0763. The van der Waals surface area contributed by atoms with Crippen molar-refractivity contribution >= 4 is 19.7 Å². The van der Waals surface area contributed by atoms with Crippen LogP contribution in [-0.2, 0) is 35.5 Å². The van der Waals surface area contributed by atoms with Gasteiger partial charge in [-0.2, -0.15) is 5.10 Å². The summed E-state index contributed by atoms with van der Waals surface area (Å²) in [5.74, 6) is 0.744. The molecule has 0 saturated carbocycles. The number of imidazole rings is 1. The summed E-state index contributed by atoms with van der Waals surface area (Å²) in [6.45, 7) is 2.67. The topological polar surface area (TPSA) is 69.8 Å². The van der Waals surface area contributed by atoms with Gasteiger partial charge in [-0.05, 0) is 12.5 Å². The van der Waals surface area contributed by atoms with Gasteiger partial charge in [0.2, 0.25) is 0 Å². The van der Waals surface area contributed by atoms with E-state index in [2.05, 4.69) is 10.1 Å². The first-order valence-corrected chi connectivity index (χ1v) is 8.70. The third kappa shape index (κ3) is 3.40. The standard InChI is InChI=1S/C12H17ClN4O2S/c1-3-4-11-15-12(20(13,18)19)9-17(11)8-6-10-5-7-14-16(10)2/h5,7,9H,3-4,6,8H2,1-2H3. The number of aromatic nitrogens is 4. The van der Waals surface area contributed by atoms with Crippen LogP contribution in [-0.4, -0.2) is 27.7 Å². The molecule has 0 N–H and O–H groups in total. The molecule has 2 heterocycles. The fraction of sp³-hybridized carbons (Fsp3) is 0.500. The summed E-state index contributed by atoms with van der Waals surface area (Å²) in [6, 6.07) is 1.94. The molecule has 0 bridgehead atoms. The van der Waals surface area contributed by atoms with Crippen LogP contribution in [0.2, 0.25) is 0 Å². The van der Waals surface area contributed by atoms with E-state index in [1.54, 1.807) is 10.9 Å². The second-order valence-corrected chi connectivity index (χ2v) is 7.09. The molecule has 6 nitrogen and oxygen atoms in total. The van der Waals surface area contributed by atoms with Gasteiger partial charge < -0.3 is 4.57 Å². The maximum Gasteiger partial charge on any atom is 0.280 e. The third-order valence-corrected chi connectivity index (χ3v) is 4.26. The van der Waals surface area contributed by atoms with Crippen molar-refractivity contribution in [3.63, 3.8) is 0 Å². The summed E-state index contributed by atoms with van der Waals surface area (Å²) in [5, 5.41) is 4.03. The summed E-state index contributed by atoms with van der Waals surface area (Å²) >= 11 is 0. The fourth-order valence-corrected chi connectivity index (χ4v) is 2.73. The van der Waals surface area contributed by atoms with Gasteiger partial charge in [-0.3, -0.25) is 4.68 Å². The molecule has 110 valence electrons. The van der Waals surface area contributed by atoms with Crippen molar-refractivity contribution in [1.29, 1.82) is 0 Å². The number of halogens is 1. The van der Waals surface area contributed by atoms with E-state index < -0.39 is 9.05 Å². The molecule has 0 saturated heterocycles. The van der Waals surface area contributed by atoms with Gasteiger partial charge in [-0.15, -0.1) is 0 Å². The van der Waals surface area contributed by atoms with Gasteiger partial charge >= 0.3 is 0 Å². The van der Waals surface area contributed by atoms with E-state index in [1.165, 1.54) is 6.20 Å². The first kappa shape index (κ1) is 15.1. The van der Waals surface area contributed by atoms with E-state index in [0.29, 0.717) is 6.54 Å². The van der Waals surface area contributed by atoms with E-state index in [0.717, 1.165) is 30.8 Å². The molecule has 2 aromatic heterocycles. The number of nitrogens with zero attached hydrogens (tertiary/aromatic N) is 4. The van der Waals surface area contributed by atoms with Crippen LogP contribution in [0.5, 0.6) is 0 Å². The first-order chi connectivity index (χ1) is 9.41. The SMILES string of the molecule is CCCc1nc(S(=O)(=O)Cl)cn1CCc1ccnn1C. The molecule has 0 aliphatic rings. The van der Waals surface area contributed by atoms with Crippen molar-refractivity contribution in [3.8, 4) is 0 Å². The van der Waals surface area contributed by atoms with Crippen molar-refractivity contribution < 1.29 is 8.42 Å². The van der Waals surface area contributed by atoms with E-state index in [-0.39, 0.29) is 5.03 Å². The van der Waals surface area contributed by atoms with E-state index in [1.807, 2.05) is 24.6 Å². The zero-order valence-corrected chi connectivity index (χ0v) is 13.0. The summed E-state index contributed by atoms with van der Waals surface area (Å²) in [7, 11) is 3.45. The Balaban J connectivity index is 2.21. The van der Waals surface area contributed by atoms with Crippen LogP contribution >= 0.6 is 10.7 Å². The average Bonchev–Trinajstić information content (AvgIpc) is 2.93. The van der Waals surface area contributed by atoms with Crippen molar-refractivity contribution in [1.82, 2.24) is 19.3 Å². The van der Waals surface area contributed by atoms with Gasteiger partial charge in [-0.1, -0.05) is 6.92 Å². The lowest BCUT2D eigenvalue weighted by Crippen LogP contribution is -2.08. The van der Waals surface area contributed by atoms with Gasteiger partial charge in [-0.25, -0.2) is 13.4 Å². The highest BCUT2D eigenvalue weighted by molar-refractivity contribution is 8.13. The maximum atomic E-state index is 11.4. The molecule has 0 fully saturated rings. The first-order valence-electron chi connectivity index (χ1n) is 6.39. The van der Waals surface area contributed by atoms with Crippen LogP contribution in [0.4, 0.5) is 0 Å². The number of hydrogen-bond donors (Lipinski definition) is 0. The molecule has 2 rings (SSSR count). The summed E-state index contributed by atoms with van der Waals surface area (Å²) in [5.41, 5.74) is 1.08. The lowest BCUT2D eigenvalue weighted by atomic mass is 10.3. The van der Waals surface area contributed by atoms with Crippen LogP contribution < -0.4 is 0 Å². The Bertz CT molecular complexity index is 690. The predicted molar refractivity (Wildman–Crippen MR) is 76.2 cm³/mol. The number of rotatable bonds is 6. The lowest BCUT2D eigenvalue weighted by molar-refractivity contribution is 0.605. The minimum Gasteiger partial charge on any atom is -0.333 e. The molecule has 0 aliphatic carbocycles. The van der Waals surface area contributed by atoms with Crippen LogP contribution in [0.3, 0.4) is 0 Å². The monoisotopic (exact) mass is 316 g/mol. The third-order valence-electron chi connectivity index (χ3n) is 3.09. The maximum absolute atomic E-state index is 11.4. The highest BCUT2D eigenvalue weighted by atomic mass is 35.7. The van der Waals surface area contributed by atoms with Crippen molar-refractivity contribution in [2.75, 3.05) is 0 Å². The summed E-state index contributed by atoms with van der Waals surface area (Å²) < 4.78 is 26.4. The Morgan fingerprint density at radius 3 is 2.65 bits per heavy atom. The van der Waals surface area contributed by atoms with Crippen LogP contribution in [0.25, 0.3) is 0 Å². The molecule has 0 aromatic carbocycles. The van der Waals surface area contributed by atoms with E-state index in [4.69, 9.17) is 10.7 Å². The smallest absolute Gasteiger partial charge is 0.280 e. The van der Waals surface area contributed by atoms with E-state index in [9.17, 15) is 8.42 Å². The van der Waals surface area contributed by atoms with Gasteiger partial charge in [0.25, 0.3) is 9.05 Å². The zero-order chi connectivity index (χ0) is 14.8. The Morgan fingerprint density at radius 1 is 1.35 bits per heavy atom. The van der Waals surface area contributed by atoms with Crippen LogP contribution in [0.15, 0.2) is 23.5 Å². The molecule has 0 amide bonds. The molecule has 0 radical (unpaired) electrons. The molecule has 0 aliphatic heterocycles. The fourth-order valence-electron chi connectivity index (χ4n) is 2.04. The molecular formula is C12H17ClN4O2S. The second kappa shape index (κ2) is 5.97. The lowest BCUT2D eigenvalue weighted by Gasteiger charge is -2.07. The Kier molecular flexibility index (Phi) is 4.49. The molecule has 2 aromatic rings. The highest BCUT2D eigenvalue weighted by Gasteiger charge is 2.17. The van der Waals surface area contributed by atoms with Crippen molar-refractivity contribution in [2.24, 2.45) is 7.05 Å². The highest BCUT2D eigenvalue weighted by Crippen LogP contribution is 2.16. The van der Waals surface area contributed by atoms with Crippen molar-refractivity contribution in [3.05, 3.63) is 30.0 Å². The summed E-state index contributed by atoms with van der Waals surface area (Å²) in [6.07, 6.45) is 5.61. The van der Waals surface area contributed by atoms with Gasteiger partial charge in [0.05, 0.1) is 0 Å². The molecular weight excluding hydrogens is 300 g/mol. The second-order valence-electron chi connectivity index (χ2n) is 4.57. The molecule has 0 unspecified atom stereocenters. The molecule has 0 atom stereocenters. The quantitative estimate of drug-likeness (QED) is 0.761. The number of aryl methyl sites for hydroxylation is 4. The van der Waals surface area contributed by atoms with Gasteiger partial charge in [0, 0.05) is 55.2 Å². The largest absolute Gasteiger partial charge is 0.333 e. The normalized spacial score (nSPS) is 11.9. The Morgan fingerprint density at radius 2 is 2.10 bits per heavy atom. The predicted octanol–water partition coefficient (Wildman–Crippen LogP) is 1.74. The van der Waals surface area contributed by atoms with Gasteiger partial charge in [0.1, 0.15) is 5.82 Å². The Labute approximate surface area is 122 Å². The number of hydrogen-bond acceptors (Lipinski definition) is 4. The zero-order valence-electron chi connectivity index (χ0n) is 11.5. The van der Waals surface area contributed by atoms with Crippen LogP contribution in [0.1, 0.15) is 24.9 Å².